The molecule has 1 aromatic carbocycles. The zero-order chi connectivity index (χ0) is 16.1. The van der Waals surface area contributed by atoms with Crippen LogP contribution in [0.2, 0.25) is 0 Å². The van der Waals surface area contributed by atoms with Crippen LogP contribution in [0.3, 0.4) is 0 Å². The first-order chi connectivity index (χ1) is 11.2. The van der Waals surface area contributed by atoms with Gasteiger partial charge in [-0.25, -0.2) is 9.78 Å². The second-order valence-corrected chi connectivity index (χ2v) is 6.47. The first-order valence-electron chi connectivity index (χ1n) is 7.70. The highest BCUT2D eigenvalue weighted by Gasteiger charge is 2.21. The van der Waals surface area contributed by atoms with Crippen molar-refractivity contribution in [1.29, 1.82) is 0 Å². The third-order valence-electron chi connectivity index (χ3n) is 3.91. The molecule has 1 saturated heterocycles. The minimum absolute atomic E-state index is 0.149. The standard InChI is InChI=1S/C17H19BrN4O/c18-13-4-6-14(7-5-13)20-17(23)21-15-8-11-22(12-9-15)16-3-1-2-10-19-16/h1-7,10,15H,8-9,11-12H2,(H2,20,21,23). The Labute approximate surface area is 144 Å². The number of urea groups is 1. The van der Waals surface area contributed by atoms with E-state index in [2.05, 4.69) is 36.4 Å². The maximum Gasteiger partial charge on any atom is 0.319 e. The summed E-state index contributed by atoms with van der Waals surface area (Å²) in [4.78, 5) is 18.7. The number of nitrogens with zero attached hydrogens (tertiary/aromatic N) is 2. The number of hydrogen-bond acceptors (Lipinski definition) is 3. The summed E-state index contributed by atoms with van der Waals surface area (Å²) in [6, 6.07) is 13.5. The van der Waals surface area contributed by atoms with E-state index < -0.39 is 0 Å². The van der Waals surface area contributed by atoms with Crippen molar-refractivity contribution in [3.8, 4) is 0 Å². The van der Waals surface area contributed by atoms with Crippen molar-refractivity contribution in [3.05, 3.63) is 53.1 Å². The molecule has 0 unspecified atom stereocenters. The average molecular weight is 375 g/mol. The Balaban J connectivity index is 1.47. The van der Waals surface area contributed by atoms with E-state index in [0.717, 1.165) is 41.9 Å². The van der Waals surface area contributed by atoms with E-state index in [9.17, 15) is 4.79 Å². The third kappa shape index (κ3) is 4.45. The molecule has 0 bridgehead atoms. The summed E-state index contributed by atoms with van der Waals surface area (Å²) in [5, 5.41) is 5.91. The molecule has 0 spiro atoms. The van der Waals surface area contributed by atoms with Gasteiger partial charge in [0.2, 0.25) is 0 Å². The van der Waals surface area contributed by atoms with Crippen molar-refractivity contribution in [3.63, 3.8) is 0 Å². The molecule has 23 heavy (non-hydrogen) atoms. The topological polar surface area (TPSA) is 57.3 Å². The fraction of sp³-hybridized carbons (Fsp3) is 0.294. The zero-order valence-electron chi connectivity index (χ0n) is 12.7. The molecule has 0 radical (unpaired) electrons. The first-order valence-corrected chi connectivity index (χ1v) is 8.49. The van der Waals surface area contributed by atoms with Gasteiger partial charge in [-0.15, -0.1) is 0 Å². The van der Waals surface area contributed by atoms with Crippen LogP contribution in [0.25, 0.3) is 0 Å². The van der Waals surface area contributed by atoms with Crippen LogP contribution in [0, 0.1) is 0 Å². The highest BCUT2D eigenvalue weighted by molar-refractivity contribution is 9.10. The van der Waals surface area contributed by atoms with E-state index in [0.29, 0.717) is 0 Å². The van der Waals surface area contributed by atoms with E-state index >= 15 is 0 Å². The lowest BCUT2D eigenvalue weighted by molar-refractivity contribution is 0.246. The molecule has 2 amide bonds. The molecule has 5 nitrogen and oxygen atoms in total. The highest BCUT2D eigenvalue weighted by atomic mass is 79.9. The number of nitrogens with one attached hydrogen (secondary N) is 2. The van der Waals surface area contributed by atoms with Gasteiger partial charge in [-0.2, -0.15) is 0 Å². The number of amides is 2. The summed E-state index contributed by atoms with van der Waals surface area (Å²) in [6.45, 7) is 1.81. The number of hydrogen-bond donors (Lipinski definition) is 2. The number of aromatic nitrogens is 1. The van der Waals surface area contributed by atoms with Crippen LogP contribution in [0.5, 0.6) is 0 Å². The molecule has 120 valence electrons. The van der Waals surface area contributed by atoms with Crippen molar-refractivity contribution < 1.29 is 4.79 Å². The van der Waals surface area contributed by atoms with Gasteiger partial charge in [0.15, 0.2) is 0 Å². The van der Waals surface area contributed by atoms with Crippen LogP contribution in [0.4, 0.5) is 16.3 Å². The molecule has 2 aromatic rings. The van der Waals surface area contributed by atoms with Gasteiger partial charge in [-0.05, 0) is 49.2 Å². The number of piperidine rings is 1. The lowest BCUT2D eigenvalue weighted by Crippen LogP contribution is -2.46. The number of benzene rings is 1. The van der Waals surface area contributed by atoms with Gasteiger partial charge >= 0.3 is 6.03 Å². The van der Waals surface area contributed by atoms with Crippen molar-refractivity contribution in [2.45, 2.75) is 18.9 Å². The van der Waals surface area contributed by atoms with E-state index in [-0.39, 0.29) is 12.1 Å². The predicted octanol–water partition coefficient (Wildman–Crippen LogP) is 3.63. The molecule has 2 heterocycles. The average Bonchev–Trinajstić information content (AvgIpc) is 2.58. The van der Waals surface area contributed by atoms with E-state index in [1.54, 1.807) is 0 Å². The van der Waals surface area contributed by atoms with Gasteiger partial charge < -0.3 is 15.5 Å². The fourth-order valence-electron chi connectivity index (χ4n) is 2.68. The Hall–Kier alpha value is -2.08. The van der Waals surface area contributed by atoms with E-state index in [1.165, 1.54) is 0 Å². The molecule has 0 atom stereocenters. The van der Waals surface area contributed by atoms with Crippen LogP contribution in [-0.4, -0.2) is 30.1 Å². The van der Waals surface area contributed by atoms with Gasteiger partial charge in [-0.3, -0.25) is 0 Å². The van der Waals surface area contributed by atoms with Gasteiger partial charge in [0.25, 0.3) is 0 Å². The molecule has 2 N–H and O–H groups in total. The largest absolute Gasteiger partial charge is 0.356 e. The Morgan fingerprint density at radius 1 is 1.13 bits per heavy atom. The van der Waals surface area contributed by atoms with Gasteiger partial charge in [0.1, 0.15) is 5.82 Å². The minimum atomic E-state index is -0.149. The van der Waals surface area contributed by atoms with Gasteiger partial charge in [0.05, 0.1) is 0 Å². The lowest BCUT2D eigenvalue weighted by Gasteiger charge is -2.33. The normalized spacial score (nSPS) is 15.3. The summed E-state index contributed by atoms with van der Waals surface area (Å²) < 4.78 is 0.991. The summed E-state index contributed by atoms with van der Waals surface area (Å²) in [7, 11) is 0. The third-order valence-corrected chi connectivity index (χ3v) is 4.43. The monoisotopic (exact) mass is 374 g/mol. The minimum Gasteiger partial charge on any atom is -0.356 e. The van der Waals surface area contributed by atoms with Crippen molar-refractivity contribution in [2.24, 2.45) is 0 Å². The zero-order valence-corrected chi connectivity index (χ0v) is 14.3. The molecule has 0 saturated carbocycles. The van der Waals surface area contributed by atoms with Gasteiger partial charge in [-0.1, -0.05) is 22.0 Å². The van der Waals surface area contributed by atoms with Crippen molar-refractivity contribution >= 4 is 33.5 Å². The predicted molar refractivity (Wildman–Crippen MR) is 95.8 cm³/mol. The Kier molecular flexibility index (Phi) is 5.12. The Morgan fingerprint density at radius 3 is 2.52 bits per heavy atom. The second-order valence-electron chi connectivity index (χ2n) is 5.55. The van der Waals surface area contributed by atoms with Crippen molar-refractivity contribution in [2.75, 3.05) is 23.3 Å². The van der Waals surface area contributed by atoms with Crippen LogP contribution in [0.1, 0.15) is 12.8 Å². The lowest BCUT2D eigenvalue weighted by atomic mass is 10.1. The molecule has 0 aliphatic carbocycles. The molecular formula is C17H19BrN4O. The Morgan fingerprint density at radius 2 is 1.87 bits per heavy atom. The molecule has 3 rings (SSSR count). The van der Waals surface area contributed by atoms with Crippen LogP contribution >= 0.6 is 15.9 Å². The number of carbonyl (C=O) groups is 1. The number of pyridine rings is 1. The molecule has 1 fully saturated rings. The van der Waals surface area contributed by atoms with Crippen molar-refractivity contribution in [1.82, 2.24) is 10.3 Å². The van der Waals surface area contributed by atoms with Crippen LogP contribution in [-0.2, 0) is 0 Å². The summed E-state index contributed by atoms with van der Waals surface area (Å²) in [6.07, 6.45) is 3.65. The summed E-state index contributed by atoms with van der Waals surface area (Å²) in [5.74, 6) is 1.00. The maximum absolute atomic E-state index is 12.1. The Bertz CT molecular complexity index is 639. The maximum atomic E-state index is 12.1. The number of rotatable bonds is 3. The van der Waals surface area contributed by atoms with Crippen LogP contribution in [0.15, 0.2) is 53.1 Å². The molecular weight excluding hydrogens is 356 g/mol. The molecule has 6 heteroatoms. The molecule has 1 aliphatic heterocycles. The van der Waals surface area contributed by atoms with E-state index in [1.807, 2.05) is 48.7 Å². The van der Waals surface area contributed by atoms with E-state index in [4.69, 9.17) is 0 Å². The summed E-state index contributed by atoms with van der Waals surface area (Å²) >= 11 is 3.38. The second kappa shape index (κ2) is 7.46. The number of halogens is 1. The fourth-order valence-corrected chi connectivity index (χ4v) is 2.94. The first kappa shape index (κ1) is 15.8. The SMILES string of the molecule is O=C(Nc1ccc(Br)cc1)NC1CCN(c2ccccn2)CC1. The smallest absolute Gasteiger partial charge is 0.319 e. The summed E-state index contributed by atoms with van der Waals surface area (Å²) in [5.41, 5.74) is 0.789. The van der Waals surface area contributed by atoms with Crippen LogP contribution < -0.4 is 15.5 Å². The molecule has 1 aromatic heterocycles. The van der Waals surface area contributed by atoms with Gasteiger partial charge in [0, 0.05) is 35.5 Å². The number of carbonyl (C=O) groups excluding carboxylic acids is 1. The highest BCUT2D eigenvalue weighted by Crippen LogP contribution is 2.18. The quantitative estimate of drug-likeness (QED) is 0.862. The number of anilines is 2. The molecule has 1 aliphatic rings.